The minimum Gasteiger partial charge on any atom is -0.396 e. The Bertz CT molecular complexity index is 51.6. The van der Waals surface area contributed by atoms with E-state index in [-0.39, 0.29) is 0 Å². The number of ether oxygens (including phenoxy) is 1. The normalized spacial score (nSPS) is 10.2. The largest absolute Gasteiger partial charge is 0.396 e. The van der Waals surface area contributed by atoms with Gasteiger partial charge in [0.25, 0.3) is 0 Å². The van der Waals surface area contributed by atoms with Gasteiger partial charge in [-0.3, -0.25) is 0 Å². The molecule has 0 bridgehead atoms. The zero-order valence-electron chi connectivity index (χ0n) is 6.51. The van der Waals surface area contributed by atoms with Gasteiger partial charge < -0.3 is 9.84 Å². The second-order valence-corrected chi connectivity index (χ2v) is 3.11. The van der Waals surface area contributed by atoms with E-state index >= 15 is 0 Å². The Morgan fingerprint density at radius 2 is 2.20 bits per heavy atom. The molecular weight excluding hydrogens is 148 g/mol. The third-order valence-electron chi connectivity index (χ3n) is 1.02. The van der Waals surface area contributed by atoms with Crippen molar-refractivity contribution >= 4 is 11.8 Å². The molecule has 0 heterocycles. The van der Waals surface area contributed by atoms with E-state index in [9.17, 15) is 0 Å². The quantitative estimate of drug-likeness (QED) is 0.572. The average Bonchev–Trinajstić information content (AvgIpc) is 1.97. The first-order valence-electron chi connectivity index (χ1n) is 3.68. The van der Waals surface area contributed by atoms with Crippen molar-refractivity contribution in [1.82, 2.24) is 0 Å². The van der Waals surface area contributed by atoms with Crippen LogP contribution < -0.4 is 0 Å². The Hall–Kier alpha value is 0.270. The Balaban J connectivity index is 2.65. The monoisotopic (exact) mass is 164 g/mol. The van der Waals surface area contributed by atoms with Crippen LogP contribution in [0.1, 0.15) is 13.3 Å². The van der Waals surface area contributed by atoms with Crippen molar-refractivity contribution in [3.8, 4) is 0 Å². The van der Waals surface area contributed by atoms with Gasteiger partial charge in [0.05, 0.1) is 6.61 Å². The van der Waals surface area contributed by atoms with Crippen molar-refractivity contribution in [1.29, 1.82) is 0 Å². The lowest BCUT2D eigenvalue weighted by molar-refractivity contribution is 0.149. The van der Waals surface area contributed by atoms with E-state index in [1.54, 1.807) is 11.8 Å². The summed E-state index contributed by atoms with van der Waals surface area (Å²) in [6.45, 7) is 3.96. The van der Waals surface area contributed by atoms with Gasteiger partial charge in [0.2, 0.25) is 0 Å². The topological polar surface area (TPSA) is 29.5 Å². The van der Waals surface area contributed by atoms with Crippen LogP contribution >= 0.6 is 11.8 Å². The lowest BCUT2D eigenvalue weighted by atomic mass is 10.5. The number of thioether (sulfide) groups is 1. The van der Waals surface area contributed by atoms with Crippen LogP contribution in [-0.2, 0) is 4.74 Å². The third kappa shape index (κ3) is 8.27. The van der Waals surface area contributed by atoms with Gasteiger partial charge in [-0.2, -0.15) is 11.8 Å². The van der Waals surface area contributed by atoms with Crippen LogP contribution in [0.2, 0.25) is 0 Å². The average molecular weight is 164 g/mol. The van der Waals surface area contributed by atoms with Gasteiger partial charge in [0, 0.05) is 19.0 Å². The number of hydrogen-bond donors (Lipinski definition) is 1. The molecule has 1 N–H and O–H groups in total. The molecule has 0 spiro atoms. The zero-order valence-corrected chi connectivity index (χ0v) is 7.32. The summed E-state index contributed by atoms with van der Waals surface area (Å²) in [7, 11) is 0. The summed E-state index contributed by atoms with van der Waals surface area (Å²) >= 11 is 1.77. The summed E-state index contributed by atoms with van der Waals surface area (Å²) in [4.78, 5) is 0. The maximum atomic E-state index is 8.42. The van der Waals surface area contributed by atoms with Gasteiger partial charge in [-0.15, -0.1) is 0 Å². The maximum absolute atomic E-state index is 8.42. The molecule has 2 nitrogen and oxygen atoms in total. The highest BCUT2D eigenvalue weighted by Gasteiger charge is 1.87. The Morgan fingerprint density at radius 1 is 1.40 bits per heavy atom. The summed E-state index contributed by atoms with van der Waals surface area (Å²) in [6, 6.07) is 0. The van der Waals surface area contributed by atoms with E-state index in [4.69, 9.17) is 9.84 Å². The lowest BCUT2D eigenvalue weighted by Crippen LogP contribution is -1.96. The molecule has 0 aromatic rings. The Morgan fingerprint density at radius 3 is 2.80 bits per heavy atom. The number of aliphatic hydroxyl groups excluding tert-OH is 1. The highest BCUT2D eigenvalue weighted by Crippen LogP contribution is 2.00. The van der Waals surface area contributed by atoms with Gasteiger partial charge in [-0.25, -0.2) is 0 Å². The summed E-state index contributed by atoms with van der Waals surface area (Å²) in [5, 5.41) is 8.42. The lowest BCUT2D eigenvalue weighted by Gasteiger charge is -1.99. The van der Waals surface area contributed by atoms with E-state index in [1.165, 1.54) is 0 Å². The van der Waals surface area contributed by atoms with E-state index in [0.717, 1.165) is 31.1 Å². The SMILES string of the molecule is CCOCCCSCCO. The fraction of sp³-hybridized carbons (Fsp3) is 1.00. The maximum Gasteiger partial charge on any atom is 0.0521 e. The summed E-state index contributed by atoms with van der Waals surface area (Å²) in [5.41, 5.74) is 0. The Kier molecular flexibility index (Phi) is 9.52. The van der Waals surface area contributed by atoms with Crippen molar-refractivity contribution in [2.75, 3.05) is 31.3 Å². The molecule has 0 aromatic heterocycles. The van der Waals surface area contributed by atoms with Crippen LogP contribution in [0, 0.1) is 0 Å². The standard InChI is InChI=1S/C7H16O2S/c1-2-9-5-3-6-10-7-4-8/h8H,2-7H2,1H3. The minimum atomic E-state index is 0.291. The van der Waals surface area contributed by atoms with Crippen molar-refractivity contribution < 1.29 is 9.84 Å². The molecule has 0 aliphatic heterocycles. The molecule has 0 aromatic carbocycles. The molecule has 10 heavy (non-hydrogen) atoms. The van der Waals surface area contributed by atoms with E-state index in [1.807, 2.05) is 6.92 Å². The second-order valence-electron chi connectivity index (χ2n) is 1.89. The zero-order chi connectivity index (χ0) is 7.66. The molecule has 0 aliphatic rings. The predicted octanol–water partition coefficient (Wildman–Crippen LogP) is 1.14. The van der Waals surface area contributed by atoms with Crippen LogP contribution in [0.5, 0.6) is 0 Å². The highest BCUT2D eigenvalue weighted by molar-refractivity contribution is 7.99. The summed E-state index contributed by atoms with van der Waals surface area (Å²) < 4.78 is 5.14. The number of aliphatic hydroxyl groups is 1. The van der Waals surface area contributed by atoms with E-state index in [0.29, 0.717) is 6.61 Å². The highest BCUT2D eigenvalue weighted by atomic mass is 32.2. The molecular formula is C7H16O2S. The molecule has 0 fully saturated rings. The minimum absolute atomic E-state index is 0.291. The fourth-order valence-corrected chi connectivity index (χ4v) is 1.23. The second kappa shape index (κ2) is 9.27. The van der Waals surface area contributed by atoms with E-state index < -0.39 is 0 Å². The molecule has 0 amide bonds. The van der Waals surface area contributed by atoms with Gasteiger partial charge in [-0.05, 0) is 19.1 Å². The van der Waals surface area contributed by atoms with Crippen LogP contribution in [0.25, 0.3) is 0 Å². The molecule has 3 heteroatoms. The molecule has 0 rings (SSSR count). The van der Waals surface area contributed by atoms with Gasteiger partial charge >= 0.3 is 0 Å². The Labute approximate surface area is 67.0 Å². The predicted molar refractivity (Wildman–Crippen MR) is 45.5 cm³/mol. The fourth-order valence-electron chi connectivity index (χ4n) is 0.574. The first-order valence-corrected chi connectivity index (χ1v) is 4.83. The molecule has 0 atom stereocenters. The van der Waals surface area contributed by atoms with Gasteiger partial charge in [-0.1, -0.05) is 0 Å². The first kappa shape index (κ1) is 10.3. The van der Waals surface area contributed by atoms with Crippen LogP contribution in [0.3, 0.4) is 0 Å². The van der Waals surface area contributed by atoms with Crippen LogP contribution in [0.15, 0.2) is 0 Å². The van der Waals surface area contributed by atoms with Crippen LogP contribution in [-0.4, -0.2) is 36.4 Å². The van der Waals surface area contributed by atoms with Gasteiger partial charge in [0.1, 0.15) is 0 Å². The van der Waals surface area contributed by atoms with Crippen molar-refractivity contribution in [2.45, 2.75) is 13.3 Å². The first-order chi connectivity index (χ1) is 4.91. The molecule has 0 saturated heterocycles. The smallest absolute Gasteiger partial charge is 0.0521 e. The van der Waals surface area contributed by atoms with Crippen molar-refractivity contribution in [3.63, 3.8) is 0 Å². The van der Waals surface area contributed by atoms with Crippen molar-refractivity contribution in [2.24, 2.45) is 0 Å². The molecule has 0 radical (unpaired) electrons. The molecule has 62 valence electrons. The number of rotatable bonds is 7. The third-order valence-corrected chi connectivity index (χ3v) is 2.07. The number of hydrogen-bond acceptors (Lipinski definition) is 3. The summed E-state index contributed by atoms with van der Waals surface area (Å²) in [6.07, 6.45) is 1.10. The van der Waals surface area contributed by atoms with Crippen LogP contribution in [0.4, 0.5) is 0 Å². The summed E-state index contributed by atoms with van der Waals surface area (Å²) in [5.74, 6) is 1.95. The van der Waals surface area contributed by atoms with Gasteiger partial charge in [0.15, 0.2) is 0 Å². The molecule has 0 unspecified atom stereocenters. The molecule has 0 saturated carbocycles. The molecule has 0 aliphatic carbocycles. The van der Waals surface area contributed by atoms with E-state index in [2.05, 4.69) is 0 Å². The van der Waals surface area contributed by atoms with Crippen molar-refractivity contribution in [3.05, 3.63) is 0 Å².